The lowest BCUT2D eigenvalue weighted by Crippen LogP contribution is -2.29. The highest BCUT2D eigenvalue weighted by Crippen LogP contribution is 2.40. The van der Waals surface area contributed by atoms with E-state index < -0.39 is 0 Å². The molecule has 1 atom stereocenters. The smallest absolute Gasteiger partial charge is 0.0568 e. The second kappa shape index (κ2) is 5.73. The predicted octanol–water partition coefficient (Wildman–Crippen LogP) is 4.78. The number of aliphatic hydroxyl groups excluding tert-OH is 1. The minimum atomic E-state index is -0.0477. The second-order valence-electron chi connectivity index (χ2n) is 8.02. The molecule has 0 aromatic heterocycles. The third kappa shape index (κ3) is 5.90. The molecule has 0 aromatic rings. The fourth-order valence-electron chi connectivity index (χ4n) is 2.88. The van der Waals surface area contributed by atoms with E-state index in [4.69, 9.17) is 0 Å². The average Bonchev–Trinajstić information content (AvgIpc) is 2.15. The van der Waals surface area contributed by atoms with Crippen molar-refractivity contribution in [2.24, 2.45) is 16.7 Å². The minimum Gasteiger partial charge on any atom is -0.393 e. The van der Waals surface area contributed by atoms with Crippen LogP contribution >= 0.6 is 0 Å². The van der Waals surface area contributed by atoms with Crippen molar-refractivity contribution in [1.29, 1.82) is 0 Å². The summed E-state index contributed by atoms with van der Waals surface area (Å²) in [5.41, 5.74) is 0.926. The van der Waals surface area contributed by atoms with Crippen LogP contribution < -0.4 is 0 Å². The first-order valence-electron chi connectivity index (χ1n) is 7.38. The lowest BCUT2D eigenvalue weighted by Gasteiger charge is -2.36. The van der Waals surface area contributed by atoms with Gasteiger partial charge < -0.3 is 5.11 Å². The summed E-state index contributed by atoms with van der Waals surface area (Å²) in [4.78, 5) is 0. The van der Waals surface area contributed by atoms with Gasteiger partial charge in [0.15, 0.2) is 0 Å². The summed E-state index contributed by atoms with van der Waals surface area (Å²) in [6.45, 7) is 11.6. The Bertz CT molecular complexity index is 214. The van der Waals surface area contributed by atoms with Crippen molar-refractivity contribution in [3.63, 3.8) is 0 Å². The maximum Gasteiger partial charge on any atom is 0.0568 e. The standard InChI is InChI=1S/C16H32O/c1-15(2,3)10-6-7-14(17)13-8-11-16(4,5)12-9-13/h13-14,17H,6-12H2,1-5H3/t14-/m1/s1. The van der Waals surface area contributed by atoms with Crippen LogP contribution in [0.25, 0.3) is 0 Å². The molecule has 1 fully saturated rings. The number of hydrogen-bond donors (Lipinski definition) is 1. The molecule has 1 N–H and O–H groups in total. The Balaban J connectivity index is 2.23. The summed E-state index contributed by atoms with van der Waals surface area (Å²) in [6, 6.07) is 0. The maximum atomic E-state index is 10.2. The first kappa shape index (κ1) is 15.0. The summed E-state index contributed by atoms with van der Waals surface area (Å²) in [7, 11) is 0. The highest BCUT2D eigenvalue weighted by atomic mass is 16.3. The van der Waals surface area contributed by atoms with Crippen LogP contribution in [0.4, 0.5) is 0 Å². The van der Waals surface area contributed by atoms with Crippen LogP contribution in [0.1, 0.15) is 79.6 Å². The van der Waals surface area contributed by atoms with E-state index >= 15 is 0 Å². The summed E-state index contributed by atoms with van der Waals surface area (Å²) in [5, 5.41) is 10.2. The Kier molecular flexibility index (Phi) is 5.07. The SMILES string of the molecule is CC(C)(C)CCC[C@@H](O)C1CCC(C)(C)CC1. The van der Waals surface area contributed by atoms with Crippen LogP contribution in [0, 0.1) is 16.7 Å². The Labute approximate surface area is 108 Å². The topological polar surface area (TPSA) is 20.2 Å². The molecule has 0 heterocycles. The van der Waals surface area contributed by atoms with E-state index in [1.54, 1.807) is 0 Å². The van der Waals surface area contributed by atoms with Gasteiger partial charge in [0.05, 0.1) is 6.10 Å². The van der Waals surface area contributed by atoms with E-state index in [9.17, 15) is 5.11 Å². The molecule has 0 radical (unpaired) electrons. The Morgan fingerprint density at radius 1 is 1.18 bits per heavy atom. The van der Waals surface area contributed by atoms with Crippen molar-refractivity contribution in [1.82, 2.24) is 0 Å². The van der Waals surface area contributed by atoms with Gasteiger partial charge in [-0.1, -0.05) is 41.0 Å². The minimum absolute atomic E-state index is 0.0477. The first-order valence-corrected chi connectivity index (χ1v) is 7.38. The van der Waals surface area contributed by atoms with Crippen LogP contribution in [0.2, 0.25) is 0 Å². The molecule has 0 unspecified atom stereocenters. The Hall–Kier alpha value is -0.0400. The molecular formula is C16H32O. The molecule has 1 aliphatic carbocycles. The van der Waals surface area contributed by atoms with Crippen LogP contribution in [0.5, 0.6) is 0 Å². The monoisotopic (exact) mass is 240 g/mol. The highest BCUT2D eigenvalue weighted by molar-refractivity contribution is 4.82. The van der Waals surface area contributed by atoms with E-state index in [1.807, 2.05) is 0 Å². The fraction of sp³-hybridized carbons (Fsp3) is 1.00. The van der Waals surface area contributed by atoms with Crippen LogP contribution in [0.3, 0.4) is 0 Å². The van der Waals surface area contributed by atoms with Gasteiger partial charge in [-0.05, 0) is 55.3 Å². The van der Waals surface area contributed by atoms with E-state index in [2.05, 4.69) is 34.6 Å². The zero-order valence-electron chi connectivity index (χ0n) is 12.6. The molecule has 17 heavy (non-hydrogen) atoms. The molecule has 1 rings (SSSR count). The summed E-state index contributed by atoms with van der Waals surface area (Å²) < 4.78 is 0. The Morgan fingerprint density at radius 3 is 2.18 bits per heavy atom. The van der Waals surface area contributed by atoms with E-state index in [-0.39, 0.29) is 6.10 Å². The average molecular weight is 240 g/mol. The van der Waals surface area contributed by atoms with Gasteiger partial charge in [0.2, 0.25) is 0 Å². The quantitative estimate of drug-likeness (QED) is 0.749. The van der Waals surface area contributed by atoms with Crippen molar-refractivity contribution >= 4 is 0 Å². The van der Waals surface area contributed by atoms with Gasteiger partial charge in [-0.25, -0.2) is 0 Å². The summed E-state index contributed by atoms with van der Waals surface area (Å²) >= 11 is 0. The molecule has 0 amide bonds. The van der Waals surface area contributed by atoms with Crippen molar-refractivity contribution in [3.8, 4) is 0 Å². The molecule has 1 nitrogen and oxygen atoms in total. The van der Waals surface area contributed by atoms with Gasteiger partial charge in [0.1, 0.15) is 0 Å². The zero-order valence-corrected chi connectivity index (χ0v) is 12.6. The molecule has 1 aliphatic rings. The maximum absolute atomic E-state index is 10.2. The molecule has 0 aliphatic heterocycles. The van der Waals surface area contributed by atoms with E-state index in [0.717, 1.165) is 6.42 Å². The van der Waals surface area contributed by atoms with Gasteiger partial charge in [0.25, 0.3) is 0 Å². The van der Waals surface area contributed by atoms with Crippen molar-refractivity contribution in [2.45, 2.75) is 85.7 Å². The third-order valence-corrected chi connectivity index (χ3v) is 4.35. The summed E-state index contributed by atoms with van der Waals surface area (Å²) in [5.74, 6) is 0.572. The molecule has 0 spiro atoms. The zero-order chi connectivity index (χ0) is 13.1. The third-order valence-electron chi connectivity index (χ3n) is 4.35. The van der Waals surface area contributed by atoms with Crippen molar-refractivity contribution in [3.05, 3.63) is 0 Å². The van der Waals surface area contributed by atoms with E-state index in [1.165, 1.54) is 38.5 Å². The van der Waals surface area contributed by atoms with Gasteiger partial charge in [0, 0.05) is 0 Å². The number of aliphatic hydroxyl groups is 1. The largest absolute Gasteiger partial charge is 0.393 e. The normalized spacial score (nSPS) is 23.6. The van der Waals surface area contributed by atoms with Crippen LogP contribution in [-0.2, 0) is 0 Å². The van der Waals surface area contributed by atoms with Gasteiger partial charge in [-0.3, -0.25) is 0 Å². The lowest BCUT2D eigenvalue weighted by molar-refractivity contribution is 0.0482. The molecule has 0 saturated heterocycles. The number of rotatable bonds is 4. The highest BCUT2D eigenvalue weighted by Gasteiger charge is 2.30. The predicted molar refractivity (Wildman–Crippen MR) is 75.1 cm³/mol. The van der Waals surface area contributed by atoms with Crippen molar-refractivity contribution in [2.75, 3.05) is 0 Å². The van der Waals surface area contributed by atoms with Gasteiger partial charge in [-0.2, -0.15) is 0 Å². The number of hydrogen-bond acceptors (Lipinski definition) is 1. The molecule has 102 valence electrons. The van der Waals surface area contributed by atoms with E-state index in [0.29, 0.717) is 16.7 Å². The van der Waals surface area contributed by atoms with Crippen molar-refractivity contribution < 1.29 is 5.11 Å². The Morgan fingerprint density at radius 2 is 1.71 bits per heavy atom. The lowest BCUT2D eigenvalue weighted by atomic mass is 9.71. The summed E-state index contributed by atoms with van der Waals surface area (Å²) in [6.07, 6.45) is 8.37. The molecule has 0 aromatic carbocycles. The molecular weight excluding hydrogens is 208 g/mol. The molecule has 1 heteroatoms. The second-order valence-corrected chi connectivity index (χ2v) is 8.02. The van der Waals surface area contributed by atoms with Gasteiger partial charge >= 0.3 is 0 Å². The van der Waals surface area contributed by atoms with Crippen LogP contribution in [0.15, 0.2) is 0 Å². The van der Waals surface area contributed by atoms with Crippen LogP contribution in [-0.4, -0.2) is 11.2 Å². The molecule has 0 bridgehead atoms. The first-order chi connectivity index (χ1) is 7.70. The molecule has 1 saturated carbocycles. The fourth-order valence-corrected chi connectivity index (χ4v) is 2.88. The van der Waals surface area contributed by atoms with Gasteiger partial charge in [-0.15, -0.1) is 0 Å².